The summed E-state index contributed by atoms with van der Waals surface area (Å²) in [7, 11) is -4.20. The molecule has 1 atom stereocenters. The molecule has 0 radical (unpaired) electrons. The first-order valence-corrected chi connectivity index (χ1v) is 17.3. The zero-order valence-corrected chi connectivity index (χ0v) is 28.5. The van der Waals surface area contributed by atoms with E-state index in [1.165, 1.54) is 9.80 Å². The van der Waals surface area contributed by atoms with E-state index in [0.29, 0.717) is 16.9 Å². The molecule has 51 heavy (non-hydrogen) atoms. The van der Waals surface area contributed by atoms with Crippen LogP contribution in [0.1, 0.15) is 5.56 Å². The molecule has 0 aliphatic carbocycles. The van der Waals surface area contributed by atoms with Crippen molar-refractivity contribution in [2.24, 2.45) is 5.14 Å². The third kappa shape index (κ3) is 14.3. The van der Waals surface area contributed by atoms with E-state index in [1.807, 2.05) is 36.4 Å². The molecule has 20 nitrogen and oxygen atoms in total. The van der Waals surface area contributed by atoms with E-state index in [0.717, 1.165) is 15.7 Å². The van der Waals surface area contributed by atoms with Crippen molar-refractivity contribution < 1.29 is 57.6 Å². The molecule has 0 aliphatic heterocycles. The van der Waals surface area contributed by atoms with E-state index in [1.54, 1.807) is 6.07 Å². The summed E-state index contributed by atoms with van der Waals surface area (Å²) in [5.74, 6) is -6.71. The van der Waals surface area contributed by atoms with Crippen molar-refractivity contribution >= 4 is 73.0 Å². The standard InChI is InChI=1S/C29H36N8O12S2/c30-51(48,49)29-34-33-28(50-29)32-27(47)21(12-18-5-6-19-3-1-2-4-20(19)11-18)31-22(38)13-36(15-24(41)42)9-7-35(14-23(39)40)8-10-37(16-25(43)44)17-26(45)46/h1-6,11,21H,7-10,12-17H2,(H,31,38)(H,39,40)(H,41,42)(H,43,44)(H,45,46)(H2,30,48,49)(H,32,33,47)/t21-/m0/s1. The van der Waals surface area contributed by atoms with Gasteiger partial charge in [-0.1, -0.05) is 53.8 Å². The molecule has 1 aromatic heterocycles. The minimum Gasteiger partial charge on any atom is -0.480 e. The summed E-state index contributed by atoms with van der Waals surface area (Å²) in [5, 5.41) is 55.7. The molecule has 1 heterocycles. The Labute approximate surface area is 294 Å². The van der Waals surface area contributed by atoms with Crippen molar-refractivity contribution in [2.75, 3.05) is 64.2 Å². The maximum atomic E-state index is 13.4. The van der Waals surface area contributed by atoms with Crippen molar-refractivity contribution in [2.45, 2.75) is 16.8 Å². The van der Waals surface area contributed by atoms with Crippen LogP contribution in [-0.2, 0) is 45.2 Å². The zero-order chi connectivity index (χ0) is 37.7. The number of benzene rings is 2. The van der Waals surface area contributed by atoms with Gasteiger partial charge in [-0.15, -0.1) is 10.2 Å². The Kier molecular flexibility index (Phi) is 14.8. The molecule has 22 heteroatoms. The third-order valence-electron chi connectivity index (χ3n) is 7.05. The number of carbonyl (C=O) groups is 6. The summed E-state index contributed by atoms with van der Waals surface area (Å²) in [6.07, 6.45) is -0.0439. The van der Waals surface area contributed by atoms with Gasteiger partial charge in [0.2, 0.25) is 21.3 Å². The summed E-state index contributed by atoms with van der Waals surface area (Å²) in [5.41, 5.74) is 0.642. The number of hydrogen-bond acceptors (Lipinski definition) is 14. The number of nitrogens with two attached hydrogens (primary N) is 1. The van der Waals surface area contributed by atoms with Crippen LogP contribution < -0.4 is 15.8 Å². The Morgan fingerprint density at radius 3 is 1.76 bits per heavy atom. The number of carboxylic acid groups (broad SMARTS) is 4. The predicted molar refractivity (Wildman–Crippen MR) is 179 cm³/mol. The van der Waals surface area contributed by atoms with Gasteiger partial charge in [0.05, 0.1) is 32.7 Å². The molecule has 0 saturated carbocycles. The fraction of sp³-hybridized carbons (Fsp3) is 0.379. The van der Waals surface area contributed by atoms with Crippen molar-refractivity contribution in [3.63, 3.8) is 0 Å². The van der Waals surface area contributed by atoms with Gasteiger partial charge in [0.1, 0.15) is 6.04 Å². The number of nitrogens with one attached hydrogen (secondary N) is 2. The number of carboxylic acids is 4. The minimum atomic E-state index is -4.20. The smallest absolute Gasteiger partial charge is 0.317 e. The molecule has 0 fully saturated rings. The topological polar surface area (TPSA) is 303 Å². The van der Waals surface area contributed by atoms with Crippen molar-refractivity contribution in [3.05, 3.63) is 48.0 Å². The van der Waals surface area contributed by atoms with E-state index >= 15 is 0 Å². The van der Waals surface area contributed by atoms with Crippen molar-refractivity contribution in [1.29, 1.82) is 0 Å². The average molecular weight is 753 g/mol. The van der Waals surface area contributed by atoms with Gasteiger partial charge in [0.25, 0.3) is 10.0 Å². The van der Waals surface area contributed by atoms with Gasteiger partial charge in [-0.05, 0) is 16.3 Å². The Morgan fingerprint density at radius 2 is 1.24 bits per heavy atom. The van der Waals surface area contributed by atoms with Crippen LogP contribution >= 0.6 is 11.3 Å². The fourth-order valence-electron chi connectivity index (χ4n) is 4.85. The lowest BCUT2D eigenvalue weighted by Gasteiger charge is -2.28. The van der Waals surface area contributed by atoms with Crippen LogP contribution in [-0.4, -0.2) is 154 Å². The molecular formula is C29H36N8O12S2. The van der Waals surface area contributed by atoms with Crippen molar-refractivity contribution in [1.82, 2.24) is 30.2 Å². The zero-order valence-electron chi connectivity index (χ0n) is 26.9. The van der Waals surface area contributed by atoms with Crippen LogP contribution in [0.3, 0.4) is 0 Å². The number of amides is 2. The predicted octanol–water partition coefficient (Wildman–Crippen LogP) is -1.75. The summed E-state index contributed by atoms with van der Waals surface area (Å²) in [6, 6.07) is 11.5. The first-order valence-electron chi connectivity index (χ1n) is 15.0. The molecule has 0 spiro atoms. The molecule has 8 N–H and O–H groups in total. The number of anilines is 1. The molecule has 0 bridgehead atoms. The lowest BCUT2D eigenvalue weighted by Crippen LogP contribution is -2.50. The number of carbonyl (C=O) groups excluding carboxylic acids is 2. The quantitative estimate of drug-likeness (QED) is 0.0560. The average Bonchev–Trinajstić information content (AvgIpc) is 3.50. The fourth-order valence-corrected chi connectivity index (χ4v) is 6.19. The molecule has 2 amide bonds. The second-order valence-electron chi connectivity index (χ2n) is 11.2. The summed E-state index contributed by atoms with van der Waals surface area (Å²) < 4.78 is 22.7. The normalized spacial score (nSPS) is 12.2. The second-order valence-corrected chi connectivity index (χ2v) is 13.9. The van der Waals surface area contributed by atoms with E-state index in [-0.39, 0.29) is 37.7 Å². The highest BCUT2D eigenvalue weighted by atomic mass is 32.2. The lowest BCUT2D eigenvalue weighted by atomic mass is 10.0. The van der Waals surface area contributed by atoms with Gasteiger partial charge in [0.15, 0.2) is 0 Å². The number of rotatable bonds is 22. The number of sulfonamides is 1. The summed E-state index contributed by atoms with van der Waals surface area (Å²) in [4.78, 5) is 75.8. The summed E-state index contributed by atoms with van der Waals surface area (Å²) in [6.45, 7) is -3.46. The van der Waals surface area contributed by atoms with E-state index in [2.05, 4.69) is 20.8 Å². The van der Waals surface area contributed by atoms with Gasteiger partial charge >= 0.3 is 23.9 Å². The molecule has 0 saturated heterocycles. The Morgan fingerprint density at radius 1 is 0.725 bits per heavy atom. The highest BCUT2D eigenvalue weighted by Crippen LogP contribution is 2.20. The van der Waals surface area contributed by atoms with E-state index < -0.39 is 88.8 Å². The molecular weight excluding hydrogens is 716 g/mol. The van der Waals surface area contributed by atoms with Gasteiger partial charge < -0.3 is 25.7 Å². The first kappa shape index (κ1) is 40.3. The molecule has 3 rings (SSSR count). The minimum absolute atomic E-state index is 0.0439. The number of nitrogens with zero attached hydrogens (tertiary/aromatic N) is 5. The number of aromatic nitrogens is 2. The van der Waals surface area contributed by atoms with Gasteiger partial charge in [-0.25, -0.2) is 13.6 Å². The SMILES string of the molecule is NS(=O)(=O)c1nnc(NC(=O)[C@H](Cc2ccc3ccccc3c2)NC(=O)CN(CCN(CCN(CC(=O)O)CC(=O)O)CC(=O)O)CC(=O)O)s1. The van der Waals surface area contributed by atoms with Crippen LogP contribution in [0.25, 0.3) is 10.8 Å². The monoisotopic (exact) mass is 752 g/mol. The number of fused-ring (bicyclic) bond motifs is 1. The highest BCUT2D eigenvalue weighted by molar-refractivity contribution is 7.91. The first-order chi connectivity index (χ1) is 24.0. The maximum absolute atomic E-state index is 13.4. The van der Waals surface area contributed by atoms with Crippen LogP contribution in [0.5, 0.6) is 0 Å². The number of hydrogen-bond donors (Lipinski definition) is 7. The van der Waals surface area contributed by atoms with Crippen LogP contribution in [0.15, 0.2) is 46.8 Å². The van der Waals surface area contributed by atoms with Crippen molar-refractivity contribution in [3.8, 4) is 0 Å². The summed E-state index contributed by atoms with van der Waals surface area (Å²) >= 11 is 0.494. The lowest BCUT2D eigenvalue weighted by molar-refractivity contribution is -0.143. The van der Waals surface area contributed by atoms with Gasteiger partial charge in [-0.3, -0.25) is 48.8 Å². The van der Waals surface area contributed by atoms with Gasteiger partial charge in [-0.2, -0.15) is 0 Å². The van der Waals surface area contributed by atoms with E-state index in [4.69, 9.17) is 15.4 Å². The third-order valence-corrected chi connectivity index (χ3v) is 9.20. The molecule has 0 unspecified atom stereocenters. The van der Waals surface area contributed by atoms with Crippen LogP contribution in [0.4, 0.5) is 5.13 Å². The largest absolute Gasteiger partial charge is 0.480 e. The highest BCUT2D eigenvalue weighted by Gasteiger charge is 2.26. The maximum Gasteiger partial charge on any atom is 0.317 e. The number of aliphatic carboxylic acids is 4. The van der Waals surface area contributed by atoms with Crippen LogP contribution in [0.2, 0.25) is 0 Å². The molecule has 0 aliphatic rings. The van der Waals surface area contributed by atoms with Gasteiger partial charge in [0, 0.05) is 32.6 Å². The number of primary sulfonamides is 1. The Hall–Kier alpha value is -5.13. The Balaban J connectivity index is 1.76. The molecule has 276 valence electrons. The second kappa shape index (κ2) is 18.7. The molecule has 3 aromatic rings. The van der Waals surface area contributed by atoms with E-state index in [9.17, 15) is 47.4 Å². The molecule has 2 aromatic carbocycles. The Bertz CT molecular complexity index is 1840. The van der Waals surface area contributed by atoms with Crippen LogP contribution in [0, 0.1) is 0 Å².